The first kappa shape index (κ1) is 27.4. The minimum atomic E-state index is -10.1. The van der Waals surface area contributed by atoms with E-state index in [-0.39, 0.29) is 33.2 Å². The van der Waals surface area contributed by atoms with Gasteiger partial charge in [0.05, 0.1) is 0 Å². The van der Waals surface area contributed by atoms with Crippen molar-refractivity contribution in [2.75, 3.05) is 0 Å². The molecular weight excluding hydrogens is 545 g/mol. The number of fused-ring (bicyclic) bond motifs is 3. The standard InChI is InChI=1S/C15H11F8S2.CHF3O3S/c1-8-5-9(2)14-12(6-8)11-4-3-10(25(19,20,21,22)23)7-13(11)24(14)15(16,17)18;2-1(3,4)8(5,6)7/h3-7H,1-2H3;(H,5,6,7)/q+1;/p-1. The minimum absolute atomic E-state index is 0.0394. The monoisotopic (exact) mass is 556 g/mol. The highest BCUT2D eigenvalue weighted by Gasteiger charge is 2.66. The molecule has 0 aliphatic heterocycles. The highest BCUT2D eigenvalue weighted by Crippen LogP contribution is 3.02. The van der Waals surface area contributed by atoms with Gasteiger partial charge < -0.3 is 4.55 Å². The largest absolute Gasteiger partial charge is 0.741 e. The Morgan fingerprint density at radius 2 is 1.33 bits per heavy atom. The van der Waals surface area contributed by atoms with Crippen LogP contribution in [0, 0.1) is 13.8 Å². The number of halogens is 11. The van der Waals surface area contributed by atoms with Crippen LogP contribution in [0.15, 0.2) is 35.2 Å². The first-order valence-corrected chi connectivity index (χ1v) is 12.7. The van der Waals surface area contributed by atoms with Crippen molar-refractivity contribution < 1.29 is 58.7 Å². The number of hydrogen-bond donors (Lipinski definition) is 0. The molecule has 1 atom stereocenters. The Bertz CT molecular complexity index is 1350. The Balaban J connectivity index is 0.000000414. The van der Waals surface area contributed by atoms with Gasteiger partial charge in [-0.1, -0.05) is 25.5 Å². The molecule has 3 aromatic rings. The molecule has 33 heavy (non-hydrogen) atoms. The second kappa shape index (κ2) is 7.08. The topological polar surface area (TPSA) is 57.2 Å². The first-order valence-electron chi connectivity index (χ1n) is 8.07. The summed E-state index contributed by atoms with van der Waals surface area (Å²) in [6.07, 6.45) is 0. The summed E-state index contributed by atoms with van der Waals surface area (Å²) in [6.45, 7) is 3.06. The van der Waals surface area contributed by atoms with Crippen LogP contribution in [0.5, 0.6) is 0 Å². The highest BCUT2D eigenvalue weighted by atomic mass is 32.5. The average Bonchev–Trinajstić information content (AvgIpc) is 2.85. The third kappa shape index (κ3) is 5.81. The molecule has 0 bridgehead atoms. The summed E-state index contributed by atoms with van der Waals surface area (Å²) in [7, 11) is -18.9. The summed E-state index contributed by atoms with van der Waals surface area (Å²) in [5, 5.41) is 0.0509. The molecule has 1 aromatic heterocycles. The van der Waals surface area contributed by atoms with Crippen LogP contribution in [-0.4, -0.2) is 18.5 Å². The molecule has 0 amide bonds. The van der Waals surface area contributed by atoms with Crippen LogP contribution < -0.4 is 0 Å². The summed E-state index contributed by atoms with van der Waals surface area (Å²) < 4.78 is 164. The van der Waals surface area contributed by atoms with E-state index >= 15 is 0 Å². The van der Waals surface area contributed by atoms with Crippen LogP contribution in [0.1, 0.15) is 11.1 Å². The Kier molecular flexibility index (Phi) is 5.88. The second-order valence-electron chi connectivity index (χ2n) is 6.74. The number of aryl methyl sites for hydroxylation is 2. The number of hydrogen-bond acceptors (Lipinski definition) is 3. The minimum Gasteiger partial charge on any atom is -0.741 e. The van der Waals surface area contributed by atoms with Crippen molar-refractivity contribution in [2.24, 2.45) is 0 Å². The van der Waals surface area contributed by atoms with Crippen molar-refractivity contribution in [3.05, 3.63) is 41.5 Å². The fourth-order valence-electron chi connectivity index (χ4n) is 2.91. The highest BCUT2D eigenvalue weighted by molar-refractivity contribution is 8.45. The Labute approximate surface area is 181 Å². The SMILES string of the molecule is Cc1cc(C)c2c(c1)c1ccc(S(F)(F)(F)(F)F)cc1[s+]2C(F)(F)F.O=S(=O)([O-])C(F)(F)F. The van der Waals surface area contributed by atoms with Crippen molar-refractivity contribution in [2.45, 2.75) is 29.8 Å². The van der Waals surface area contributed by atoms with Gasteiger partial charge in [-0.05, 0) is 37.6 Å². The molecule has 0 fully saturated rings. The molecule has 0 radical (unpaired) electrons. The van der Waals surface area contributed by atoms with Crippen LogP contribution in [0.3, 0.4) is 0 Å². The summed E-state index contributed by atoms with van der Waals surface area (Å²) in [5.74, 6) is 0. The molecule has 0 saturated heterocycles. The molecule has 17 heteroatoms. The third-order valence-electron chi connectivity index (χ3n) is 4.05. The van der Waals surface area contributed by atoms with E-state index in [9.17, 15) is 45.8 Å². The lowest BCUT2D eigenvalue weighted by Crippen LogP contribution is -2.21. The molecule has 3 nitrogen and oxygen atoms in total. The number of benzene rings is 2. The maximum atomic E-state index is 13.6. The maximum Gasteiger partial charge on any atom is 0.601 e. The van der Waals surface area contributed by atoms with Crippen molar-refractivity contribution in [3.8, 4) is 0 Å². The van der Waals surface area contributed by atoms with E-state index in [0.717, 1.165) is 0 Å². The molecule has 188 valence electrons. The van der Waals surface area contributed by atoms with Gasteiger partial charge in [0.15, 0.2) is 19.5 Å². The summed E-state index contributed by atoms with van der Waals surface area (Å²) in [6, 6.07) is 3.74. The van der Waals surface area contributed by atoms with Gasteiger partial charge in [-0.25, -0.2) is 8.42 Å². The molecule has 3 rings (SSSR count). The lowest BCUT2D eigenvalue weighted by atomic mass is 10.1. The fourth-order valence-corrected chi connectivity index (χ4v) is 5.76. The van der Waals surface area contributed by atoms with Crippen LogP contribution in [0.25, 0.3) is 20.2 Å². The molecule has 0 N–H and O–H groups in total. The van der Waals surface area contributed by atoms with Crippen molar-refractivity contribution in [1.82, 2.24) is 0 Å². The van der Waals surface area contributed by atoms with Crippen molar-refractivity contribution in [1.29, 1.82) is 0 Å². The van der Waals surface area contributed by atoms with E-state index < -0.39 is 51.4 Å². The smallest absolute Gasteiger partial charge is 0.601 e. The molecular formula is C16H11F11O3S3. The van der Waals surface area contributed by atoms with Gasteiger partial charge in [0, 0.05) is 22.4 Å². The first-order chi connectivity index (χ1) is 14.2. The van der Waals surface area contributed by atoms with Crippen LogP contribution in [-0.2, 0) is 15.6 Å². The average molecular weight is 556 g/mol. The number of alkyl halides is 6. The maximum absolute atomic E-state index is 13.6. The van der Waals surface area contributed by atoms with Gasteiger partial charge in [0.2, 0.25) is 0 Å². The van der Waals surface area contributed by atoms with Crippen molar-refractivity contribution in [3.63, 3.8) is 0 Å². The summed E-state index contributed by atoms with van der Waals surface area (Å²) >= 11 is 0. The van der Waals surface area contributed by atoms with Crippen LogP contribution >= 0.6 is 20.7 Å². The van der Waals surface area contributed by atoms with E-state index in [1.165, 1.54) is 19.1 Å². The number of thiophene rings is 1. The molecule has 0 aliphatic rings. The zero-order chi connectivity index (χ0) is 26.1. The molecule has 0 spiro atoms. The molecule has 1 unspecified atom stereocenters. The van der Waals surface area contributed by atoms with Gasteiger partial charge in [-0.2, -0.15) is 13.2 Å². The normalized spacial score (nSPS) is 16.2. The molecule has 2 aromatic carbocycles. The fraction of sp³-hybridized carbons (Fsp3) is 0.250. The predicted octanol–water partition coefficient (Wildman–Crippen LogP) is 8.54. The summed E-state index contributed by atoms with van der Waals surface area (Å²) in [5.41, 5.74) is -9.63. The van der Waals surface area contributed by atoms with E-state index in [1.807, 2.05) is 0 Å². The Hall–Kier alpha value is -1.85. The van der Waals surface area contributed by atoms with Crippen LogP contribution in [0.2, 0.25) is 0 Å². The predicted molar refractivity (Wildman–Crippen MR) is 102 cm³/mol. The van der Waals surface area contributed by atoms with E-state index in [1.54, 1.807) is 6.92 Å². The zero-order valence-electron chi connectivity index (χ0n) is 16.0. The van der Waals surface area contributed by atoms with Gasteiger partial charge >= 0.3 is 21.2 Å². The van der Waals surface area contributed by atoms with Gasteiger partial charge in [0.25, 0.3) is 0 Å². The van der Waals surface area contributed by atoms with Crippen molar-refractivity contribution >= 4 is 51.0 Å². The van der Waals surface area contributed by atoms with E-state index in [4.69, 9.17) is 13.0 Å². The van der Waals surface area contributed by atoms with E-state index in [2.05, 4.69) is 0 Å². The Morgan fingerprint density at radius 1 is 0.848 bits per heavy atom. The summed E-state index contributed by atoms with van der Waals surface area (Å²) in [4.78, 5) is -2.30. The van der Waals surface area contributed by atoms with Gasteiger partial charge in [-0.3, -0.25) is 0 Å². The molecule has 0 saturated carbocycles. The van der Waals surface area contributed by atoms with E-state index in [0.29, 0.717) is 11.6 Å². The lowest BCUT2D eigenvalue weighted by Gasteiger charge is -2.40. The number of rotatable bonds is 1. The lowest BCUT2D eigenvalue weighted by molar-refractivity contribution is -0.0863. The van der Waals surface area contributed by atoms with Crippen LogP contribution in [0.4, 0.5) is 45.8 Å². The Morgan fingerprint density at radius 3 is 1.73 bits per heavy atom. The quantitative estimate of drug-likeness (QED) is 0.131. The third-order valence-corrected chi connectivity index (χ3v) is 7.95. The second-order valence-corrected chi connectivity index (χ2v) is 12.4. The van der Waals surface area contributed by atoms with Gasteiger partial charge in [0.1, 0.15) is 15.4 Å². The molecule has 1 heterocycles. The molecule has 0 aliphatic carbocycles. The zero-order valence-corrected chi connectivity index (χ0v) is 18.4. The van der Waals surface area contributed by atoms with Gasteiger partial charge in [-0.15, -0.1) is 13.2 Å².